The van der Waals surface area contributed by atoms with Crippen molar-refractivity contribution in [2.24, 2.45) is 0 Å². The molecule has 7 heteroatoms. The number of benzene rings is 1. The molecule has 1 saturated heterocycles. The first-order valence-electron chi connectivity index (χ1n) is 8.18. The van der Waals surface area contributed by atoms with Crippen molar-refractivity contribution in [3.63, 3.8) is 0 Å². The molecule has 0 aromatic heterocycles. The second kappa shape index (κ2) is 7.13. The number of hydrogen-bond acceptors (Lipinski definition) is 5. The number of aldehydes is 1. The Kier molecular flexibility index (Phi) is 5.35. The van der Waals surface area contributed by atoms with E-state index in [1.807, 2.05) is 25.7 Å². The fourth-order valence-electron chi connectivity index (χ4n) is 2.80. The zero-order valence-corrected chi connectivity index (χ0v) is 15.0. The van der Waals surface area contributed by atoms with Gasteiger partial charge in [-0.2, -0.15) is 0 Å². The molecule has 7 nitrogen and oxygen atoms in total. The van der Waals surface area contributed by atoms with Gasteiger partial charge in [0.25, 0.3) is 0 Å². The van der Waals surface area contributed by atoms with Crippen molar-refractivity contribution in [1.82, 2.24) is 4.90 Å². The SMILES string of the molecule is Cc1c(C(=O)O)cc(C=O)cc1N1CCN(C(=O)OC(C)(C)C)CC1. The molecule has 0 bridgehead atoms. The summed E-state index contributed by atoms with van der Waals surface area (Å²) in [5.74, 6) is -1.06. The Morgan fingerprint density at radius 3 is 2.24 bits per heavy atom. The summed E-state index contributed by atoms with van der Waals surface area (Å²) in [6, 6.07) is 3.07. The average molecular weight is 348 g/mol. The zero-order chi connectivity index (χ0) is 18.8. The molecule has 1 N–H and O–H groups in total. The van der Waals surface area contributed by atoms with Crippen molar-refractivity contribution in [3.05, 3.63) is 28.8 Å². The molecule has 1 fully saturated rings. The number of carboxylic acids is 1. The molecule has 0 aliphatic carbocycles. The summed E-state index contributed by atoms with van der Waals surface area (Å²) >= 11 is 0. The van der Waals surface area contributed by atoms with Gasteiger partial charge in [0.2, 0.25) is 0 Å². The van der Waals surface area contributed by atoms with E-state index in [1.165, 1.54) is 6.07 Å². The van der Waals surface area contributed by atoms with Crippen LogP contribution in [-0.4, -0.2) is 60.1 Å². The lowest BCUT2D eigenvalue weighted by Crippen LogP contribution is -2.50. The predicted octanol–water partition coefficient (Wildman–Crippen LogP) is 2.56. The third kappa shape index (κ3) is 4.49. The molecule has 0 radical (unpaired) electrons. The van der Waals surface area contributed by atoms with Crippen LogP contribution in [0.2, 0.25) is 0 Å². The van der Waals surface area contributed by atoms with Gasteiger partial charge in [-0.1, -0.05) is 0 Å². The highest BCUT2D eigenvalue weighted by atomic mass is 16.6. The molecule has 0 unspecified atom stereocenters. The first kappa shape index (κ1) is 18.8. The van der Waals surface area contributed by atoms with Gasteiger partial charge in [0.05, 0.1) is 5.56 Å². The summed E-state index contributed by atoms with van der Waals surface area (Å²) in [5.41, 5.74) is 1.23. The molecule has 1 amide bonds. The van der Waals surface area contributed by atoms with Crippen molar-refractivity contribution < 1.29 is 24.2 Å². The molecule has 1 aliphatic rings. The second-order valence-electron chi connectivity index (χ2n) is 7.09. The minimum Gasteiger partial charge on any atom is -0.478 e. The van der Waals surface area contributed by atoms with E-state index in [1.54, 1.807) is 17.9 Å². The highest BCUT2D eigenvalue weighted by molar-refractivity contribution is 5.94. The number of piperazine rings is 1. The summed E-state index contributed by atoms with van der Waals surface area (Å²) in [5, 5.41) is 9.33. The first-order valence-corrected chi connectivity index (χ1v) is 8.18. The Morgan fingerprint density at radius 1 is 1.16 bits per heavy atom. The Labute approximate surface area is 147 Å². The van der Waals surface area contributed by atoms with Gasteiger partial charge in [0.15, 0.2) is 0 Å². The van der Waals surface area contributed by atoms with Crippen molar-refractivity contribution >= 4 is 24.0 Å². The largest absolute Gasteiger partial charge is 0.478 e. The number of rotatable bonds is 3. The summed E-state index contributed by atoms with van der Waals surface area (Å²) in [6.45, 7) is 9.23. The lowest BCUT2D eigenvalue weighted by molar-refractivity contribution is 0.0240. The van der Waals surface area contributed by atoms with Gasteiger partial charge >= 0.3 is 12.1 Å². The molecule has 1 aromatic carbocycles. The van der Waals surface area contributed by atoms with Gasteiger partial charge in [-0.15, -0.1) is 0 Å². The number of amides is 1. The number of carbonyl (C=O) groups is 3. The zero-order valence-electron chi connectivity index (χ0n) is 15.0. The number of carbonyl (C=O) groups excluding carboxylic acids is 2. The van der Waals surface area contributed by atoms with Gasteiger partial charge in [0, 0.05) is 37.4 Å². The normalized spacial score (nSPS) is 15.0. The summed E-state index contributed by atoms with van der Waals surface area (Å²) < 4.78 is 5.37. The molecule has 1 heterocycles. The number of anilines is 1. The fourth-order valence-corrected chi connectivity index (χ4v) is 2.80. The Hall–Kier alpha value is -2.57. The van der Waals surface area contributed by atoms with Crippen LogP contribution in [0.15, 0.2) is 12.1 Å². The van der Waals surface area contributed by atoms with E-state index in [0.717, 1.165) is 0 Å². The maximum absolute atomic E-state index is 12.1. The number of nitrogens with zero attached hydrogens (tertiary/aromatic N) is 2. The summed E-state index contributed by atoms with van der Waals surface area (Å²) in [7, 11) is 0. The van der Waals surface area contributed by atoms with Crippen molar-refractivity contribution in [1.29, 1.82) is 0 Å². The van der Waals surface area contributed by atoms with E-state index in [9.17, 15) is 19.5 Å². The standard InChI is InChI=1S/C18H24N2O5/c1-12-14(16(22)23)9-13(11-21)10-15(12)19-5-7-20(8-6-19)17(24)25-18(2,3)4/h9-11H,5-8H2,1-4H3,(H,22,23). The van der Waals surface area contributed by atoms with Crippen LogP contribution < -0.4 is 4.90 Å². The lowest BCUT2D eigenvalue weighted by Gasteiger charge is -2.37. The van der Waals surface area contributed by atoms with Crippen LogP contribution in [0, 0.1) is 6.92 Å². The van der Waals surface area contributed by atoms with Crippen LogP contribution in [0.3, 0.4) is 0 Å². The molecular weight excluding hydrogens is 324 g/mol. The minimum absolute atomic E-state index is 0.120. The molecule has 2 rings (SSSR count). The quantitative estimate of drug-likeness (QED) is 0.845. The third-order valence-electron chi connectivity index (χ3n) is 4.04. The van der Waals surface area contributed by atoms with E-state index in [4.69, 9.17) is 4.74 Å². The highest BCUT2D eigenvalue weighted by Gasteiger charge is 2.27. The van der Waals surface area contributed by atoms with E-state index >= 15 is 0 Å². The van der Waals surface area contributed by atoms with Gasteiger partial charge < -0.3 is 19.6 Å². The Morgan fingerprint density at radius 2 is 1.76 bits per heavy atom. The topological polar surface area (TPSA) is 87.2 Å². The number of aromatic carboxylic acids is 1. The fraction of sp³-hybridized carbons (Fsp3) is 0.500. The van der Waals surface area contributed by atoms with Crippen molar-refractivity contribution in [3.8, 4) is 0 Å². The van der Waals surface area contributed by atoms with E-state index in [0.29, 0.717) is 49.3 Å². The van der Waals surface area contributed by atoms with Crippen molar-refractivity contribution in [2.75, 3.05) is 31.1 Å². The average Bonchev–Trinajstić information content (AvgIpc) is 2.53. The number of ether oxygens (including phenoxy) is 1. The smallest absolute Gasteiger partial charge is 0.410 e. The molecule has 1 aliphatic heterocycles. The summed E-state index contributed by atoms with van der Waals surface area (Å²) in [4.78, 5) is 38.3. The van der Waals surface area contributed by atoms with Crippen LogP contribution in [-0.2, 0) is 4.74 Å². The van der Waals surface area contributed by atoms with E-state index in [-0.39, 0.29) is 11.7 Å². The van der Waals surface area contributed by atoms with Crippen LogP contribution in [0.25, 0.3) is 0 Å². The molecular formula is C18H24N2O5. The summed E-state index contributed by atoms with van der Waals surface area (Å²) in [6.07, 6.45) is 0.295. The molecule has 1 aromatic rings. The Bertz CT molecular complexity index is 685. The third-order valence-corrected chi connectivity index (χ3v) is 4.04. The molecule has 0 spiro atoms. The Balaban J connectivity index is 2.15. The predicted molar refractivity (Wildman–Crippen MR) is 93.5 cm³/mol. The lowest BCUT2D eigenvalue weighted by atomic mass is 10.0. The second-order valence-corrected chi connectivity index (χ2v) is 7.09. The molecule has 0 atom stereocenters. The van der Waals surface area contributed by atoms with Crippen molar-refractivity contribution in [2.45, 2.75) is 33.3 Å². The molecule has 136 valence electrons. The monoisotopic (exact) mass is 348 g/mol. The molecule has 0 saturated carbocycles. The van der Waals surface area contributed by atoms with Crippen LogP contribution in [0.1, 0.15) is 47.1 Å². The maximum atomic E-state index is 12.1. The van der Waals surface area contributed by atoms with Crippen LogP contribution in [0.4, 0.5) is 10.5 Å². The van der Waals surface area contributed by atoms with Gasteiger partial charge in [-0.05, 0) is 45.4 Å². The van der Waals surface area contributed by atoms with Crippen LogP contribution in [0.5, 0.6) is 0 Å². The van der Waals surface area contributed by atoms with Gasteiger partial charge in [-0.3, -0.25) is 4.79 Å². The minimum atomic E-state index is -1.06. The number of hydrogen-bond donors (Lipinski definition) is 1. The highest BCUT2D eigenvalue weighted by Crippen LogP contribution is 2.26. The van der Waals surface area contributed by atoms with Gasteiger partial charge in [0.1, 0.15) is 11.9 Å². The van der Waals surface area contributed by atoms with Crippen LogP contribution >= 0.6 is 0 Å². The van der Waals surface area contributed by atoms with Gasteiger partial charge in [-0.25, -0.2) is 9.59 Å². The van der Waals surface area contributed by atoms with E-state index in [2.05, 4.69) is 0 Å². The first-order chi connectivity index (χ1) is 11.6. The molecule has 25 heavy (non-hydrogen) atoms. The number of carboxylic acid groups (broad SMARTS) is 1. The maximum Gasteiger partial charge on any atom is 0.410 e. The van der Waals surface area contributed by atoms with E-state index < -0.39 is 11.6 Å².